The van der Waals surface area contributed by atoms with Crippen LogP contribution in [0.5, 0.6) is 11.5 Å². The van der Waals surface area contributed by atoms with Gasteiger partial charge in [-0.2, -0.15) is 0 Å². The number of carbonyl (C=O) groups excluding carboxylic acids is 1. The molecular formula is C24H23N3O5S2. The smallest absolute Gasteiger partial charge is 0.261 e. The van der Waals surface area contributed by atoms with Crippen LogP contribution in [0.3, 0.4) is 0 Å². The van der Waals surface area contributed by atoms with Crippen LogP contribution in [0.25, 0.3) is 6.08 Å². The fourth-order valence-corrected chi connectivity index (χ4v) is 4.07. The SMILES string of the molecule is COc1ccc(C=CC(=O)NC(=S)Nc2ccc(S(=O)(=O)Nc3ccc(OC)cc3)cc2)cc1. The second-order valence-electron chi connectivity index (χ2n) is 6.91. The average Bonchev–Trinajstić information content (AvgIpc) is 2.83. The number of nitrogens with one attached hydrogen (secondary N) is 3. The molecular weight excluding hydrogens is 474 g/mol. The van der Waals surface area contributed by atoms with Crippen LogP contribution in [0.1, 0.15) is 5.56 Å². The van der Waals surface area contributed by atoms with Gasteiger partial charge in [0.25, 0.3) is 10.0 Å². The number of methoxy groups -OCH3 is 2. The lowest BCUT2D eigenvalue weighted by atomic mass is 10.2. The molecule has 1 amide bonds. The second-order valence-corrected chi connectivity index (χ2v) is 9.00. The lowest BCUT2D eigenvalue weighted by molar-refractivity contribution is -0.115. The first-order chi connectivity index (χ1) is 16.3. The third kappa shape index (κ3) is 7.06. The molecule has 0 unspecified atom stereocenters. The first-order valence-electron chi connectivity index (χ1n) is 10.00. The first kappa shape index (κ1) is 24.7. The zero-order valence-electron chi connectivity index (χ0n) is 18.4. The Morgan fingerprint density at radius 1 is 0.824 bits per heavy atom. The molecule has 0 heterocycles. The van der Waals surface area contributed by atoms with E-state index in [2.05, 4.69) is 15.4 Å². The Balaban J connectivity index is 1.54. The van der Waals surface area contributed by atoms with Gasteiger partial charge in [-0.05, 0) is 84.5 Å². The summed E-state index contributed by atoms with van der Waals surface area (Å²) in [6.45, 7) is 0. The molecule has 0 aliphatic heterocycles. The molecule has 3 aromatic carbocycles. The van der Waals surface area contributed by atoms with E-state index in [1.165, 1.54) is 25.3 Å². The van der Waals surface area contributed by atoms with Crippen molar-refractivity contribution in [2.24, 2.45) is 0 Å². The van der Waals surface area contributed by atoms with Gasteiger partial charge in [0.2, 0.25) is 5.91 Å². The summed E-state index contributed by atoms with van der Waals surface area (Å²) in [5, 5.41) is 5.46. The van der Waals surface area contributed by atoms with E-state index in [0.29, 0.717) is 17.1 Å². The zero-order chi connectivity index (χ0) is 24.6. The largest absolute Gasteiger partial charge is 0.497 e. The van der Waals surface area contributed by atoms with Crippen LogP contribution in [0.2, 0.25) is 0 Å². The standard InChI is InChI=1S/C24H23N3O5S2/c1-31-20-10-3-17(4-11-20)5-16-23(28)26-24(33)25-18-8-14-22(15-9-18)34(29,30)27-19-6-12-21(32-2)13-7-19/h3-16,27H,1-2H3,(H2,25,26,28,33). The van der Waals surface area contributed by atoms with E-state index in [9.17, 15) is 13.2 Å². The van der Waals surface area contributed by atoms with Gasteiger partial charge >= 0.3 is 0 Å². The molecule has 3 N–H and O–H groups in total. The van der Waals surface area contributed by atoms with E-state index < -0.39 is 15.9 Å². The van der Waals surface area contributed by atoms with Crippen LogP contribution in [0.4, 0.5) is 11.4 Å². The summed E-state index contributed by atoms with van der Waals surface area (Å²) in [4.78, 5) is 12.2. The highest BCUT2D eigenvalue weighted by Crippen LogP contribution is 2.20. The van der Waals surface area contributed by atoms with Crippen molar-refractivity contribution in [1.29, 1.82) is 0 Å². The third-order valence-electron chi connectivity index (χ3n) is 4.54. The summed E-state index contributed by atoms with van der Waals surface area (Å²) >= 11 is 5.16. The number of sulfonamides is 1. The van der Waals surface area contributed by atoms with Gasteiger partial charge in [0, 0.05) is 17.5 Å². The Morgan fingerprint density at radius 3 is 1.91 bits per heavy atom. The van der Waals surface area contributed by atoms with Crippen molar-refractivity contribution in [2.45, 2.75) is 4.90 Å². The monoisotopic (exact) mass is 497 g/mol. The molecule has 0 fully saturated rings. The topological polar surface area (TPSA) is 106 Å². The molecule has 8 nitrogen and oxygen atoms in total. The molecule has 0 saturated carbocycles. The predicted octanol–water partition coefficient (Wildman–Crippen LogP) is 4.03. The van der Waals surface area contributed by atoms with Gasteiger partial charge in [0.15, 0.2) is 5.11 Å². The fourth-order valence-electron chi connectivity index (χ4n) is 2.79. The summed E-state index contributed by atoms with van der Waals surface area (Å²) in [6, 6.07) is 19.7. The molecule has 10 heteroatoms. The zero-order valence-corrected chi connectivity index (χ0v) is 20.1. The molecule has 0 aliphatic carbocycles. The van der Waals surface area contributed by atoms with Crippen molar-refractivity contribution < 1.29 is 22.7 Å². The number of hydrogen-bond acceptors (Lipinski definition) is 6. The van der Waals surface area contributed by atoms with Gasteiger partial charge < -0.3 is 14.8 Å². The third-order valence-corrected chi connectivity index (χ3v) is 6.15. The van der Waals surface area contributed by atoms with Gasteiger partial charge in [-0.15, -0.1) is 0 Å². The van der Waals surface area contributed by atoms with E-state index >= 15 is 0 Å². The fraction of sp³-hybridized carbons (Fsp3) is 0.0833. The summed E-state index contributed by atoms with van der Waals surface area (Å²) in [5.41, 5.74) is 1.76. The van der Waals surface area contributed by atoms with Gasteiger partial charge in [0.1, 0.15) is 11.5 Å². The summed E-state index contributed by atoms with van der Waals surface area (Å²) < 4.78 is 37.9. The number of carbonyl (C=O) groups is 1. The maximum Gasteiger partial charge on any atom is 0.261 e. The number of hydrogen-bond donors (Lipinski definition) is 3. The Hall–Kier alpha value is -3.89. The lowest BCUT2D eigenvalue weighted by Gasteiger charge is -2.11. The molecule has 0 atom stereocenters. The molecule has 0 aliphatic rings. The van der Waals surface area contributed by atoms with Crippen molar-refractivity contribution >= 4 is 50.7 Å². The molecule has 0 spiro atoms. The number of rotatable bonds is 8. The number of thiocarbonyl (C=S) groups is 1. The number of ether oxygens (including phenoxy) is 2. The van der Waals surface area contributed by atoms with Gasteiger partial charge in [-0.1, -0.05) is 12.1 Å². The highest BCUT2D eigenvalue weighted by molar-refractivity contribution is 7.92. The van der Waals surface area contributed by atoms with E-state index in [-0.39, 0.29) is 10.0 Å². The van der Waals surface area contributed by atoms with E-state index in [1.807, 2.05) is 12.1 Å². The summed E-state index contributed by atoms with van der Waals surface area (Å²) in [6.07, 6.45) is 3.00. The highest BCUT2D eigenvalue weighted by atomic mass is 32.2. The van der Waals surface area contributed by atoms with Gasteiger partial charge in [-0.25, -0.2) is 8.42 Å². The van der Waals surface area contributed by atoms with Gasteiger partial charge in [-0.3, -0.25) is 14.8 Å². The lowest BCUT2D eigenvalue weighted by Crippen LogP contribution is -2.32. The van der Waals surface area contributed by atoms with E-state index in [0.717, 1.165) is 11.3 Å². The normalized spacial score (nSPS) is 11.0. The van der Waals surface area contributed by atoms with Crippen molar-refractivity contribution in [3.05, 3.63) is 84.4 Å². The summed E-state index contributed by atoms with van der Waals surface area (Å²) in [7, 11) is -0.659. The maximum atomic E-state index is 12.6. The average molecular weight is 498 g/mol. The Bertz CT molecular complexity index is 1270. The molecule has 176 valence electrons. The number of benzene rings is 3. The molecule has 0 saturated heterocycles. The highest BCUT2D eigenvalue weighted by Gasteiger charge is 2.14. The predicted molar refractivity (Wildman–Crippen MR) is 137 cm³/mol. The van der Waals surface area contributed by atoms with Gasteiger partial charge in [0.05, 0.1) is 19.1 Å². The summed E-state index contributed by atoms with van der Waals surface area (Å²) in [5.74, 6) is 0.941. The minimum atomic E-state index is -3.77. The van der Waals surface area contributed by atoms with Crippen LogP contribution in [-0.4, -0.2) is 33.7 Å². The maximum absolute atomic E-state index is 12.6. The van der Waals surface area contributed by atoms with Crippen LogP contribution < -0.4 is 24.8 Å². The van der Waals surface area contributed by atoms with Crippen LogP contribution in [-0.2, 0) is 14.8 Å². The minimum absolute atomic E-state index is 0.0752. The minimum Gasteiger partial charge on any atom is -0.497 e. The Kier molecular flexibility index (Phi) is 8.23. The van der Waals surface area contributed by atoms with Crippen molar-refractivity contribution in [1.82, 2.24) is 5.32 Å². The number of amides is 1. The van der Waals surface area contributed by atoms with E-state index in [4.69, 9.17) is 21.7 Å². The Morgan fingerprint density at radius 2 is 1.35 bits per heavy atom. The van der Waals surface area contributed by atoms with Crippen molar-refractivity contribution in [2.75, 3.05) is 24.3 Å². The molecule has 3 rings (SSSR count). The quantitative estimate of drug-likeness (QED) is 0.319. The molecule has 0 radical (unpaired) electrons. The van der Waals surface area contributed by atoms with Crippen LogP contribution >= 0.6 is 12.2 Å². The first-order valence-corrected chi connectivity index (χ1v) is 11.9. The van der Waals surface area contributed by atoms with Crippen molar-refractivity contribution in [3.8, 4) is 11.5 Å². The molecule has 0 bridgehead atoms. The number of anilines is 2. The molecule has 0 aromatic heterocycles. The van der Waals surface area contributed by atoms with E-state index in [1.54, 1.807) is 61.7 Å². The second kappa shape index (κ2) is 11.3. The molecule has 3 aromatic rings. The van der Waals surface area contributed by atoms with Crippen molar-refractivity contribution in [3.63, 3.8) is 0 Å². The molecule has 34 heavy (non-hydrogen) atoms. The van der Waals surface area contributed by atoms with Crippen LogP contribution in [0, 0.1) is 0 Å². The van der Waals surface area contributed by atoms with Crippen LogP contribution in [0.15, 0.2) is 83.8 Å². The Labute approximate surface area is 203 Å².